The molecule has 1 aliphatic rings. The minimum absolute atomic E-state index is 0.133. The fraction of sp³-hybridized carbons (Fsp3) is 0.200. The third-order valence-corrected chi connectivity index (χ3v) is 4.72. The fourth-order valence-electron chi connectivity index (χ4n) is 3.47. The highest BCUT2D eigenvalue weighted by Crippen LogP contribution is 2.40. The number of nitrogens with zero attached hydrogens (tertiary/aromatic N) is 1. The molecule has 0 amide bonds. The zero-order chi connectivity index (χ0) is 17.6. The van der Waals surface area contributed by atoms with Crippen molar-refractivity contribution in [3.05, 3.63) is 70.0 Å². The van der Waals surface area contributed by atoms with Crippen molar-refractivity contribution in [2.45, 2.75) is 12.3 Å². The molecule has 2 aromatic carbocycles. The van der Waals surface area contributed by atoms with Gasteiger partial charge in [0, 0.05) is 18.4 Å². The molecule has 25 heavy (non-hydrogen) atoms. The number of carbonyl (C=O) groups is 1. The summed E-state index contributed by atoms with van der Waals surface area (Å²) in [5.74, 6) is 0.381. The molecule has 4 rings (SSSR count). The van der Waals surface area contributed by atoms with Gasteiger partial charge in [0.2, 0.25) is 0 Å². The van der Waals surface area contributed by atoms with Crippen LogP contribution in [0.4, 0.5) is 0 Å². The van der Waals surface area contributed by atoms with Crippen LogP contribution in [0.2, 0.25) is 0 Å². The molecule has 1 atom stereocenters. The van der Waals surface area contributed by atoms with Crippen LogP contribution < -0.4 is 15.0 Å². The van der Waals surface area contributed by atoms with Crippen molar-refractivity contribution >= 4 is 16.9 Å². The SMILES string of the molecule is COc1cccc(C2CC(=O)Oc3c2c(=O)n(C)c2ccccc32)c1. The Kier molecular flexibility index (Phi) is 3.57. The summed E-state index contributed by atoms with van der Waals surface area (Å²) in [5.41, 5.74) is 1.98. The number of esters is 1. The first-order chi connectivity index (χ1) is 12.1. The minimum atomic E-state index is -0.352. The molecule has 0 N–H and O–H groups in total. The van der Waals surface area contributed by atoms with Gasteiger partial charge in [0.1, 0.15) is 11.5 Å². The van der Waals surface area contributed by atoms with Crippen molar-refractivity contribution in [3.8, 4) is 11.5 Å². The van der Waals surface area contributed by atoms with Crippen molar-refractivity contribution in [1.82, 2.24) is 4.57 Å². The summed E-state index contributed by atoms with van der Waals surface area (Å²) in [6, 6.07) is 14.9. The number of pyridine rings is 1. The standard InChI is InChI=1S/C20H17NO4/c1-21-16-9-4-3-8-14(16)19-18(20(21)23)15(11-17(22)25-19)12-6-5-7-13(10-12)24-2/h3-10,15H,11H2,1-2H3. The molecule has 0 bridgehead atoms. The Hall–Kier alpha value is -3.08. The molecule has 0 aliphatic carbocycles. The summed E-state index contributed by atoms with van der Waals surface area (Å²) in [6.45, 7) is 0. The van der Waals surface area contributed by atoms with Gasteiger partial charge in [-0.3, -0.25) is 9.59 Å². The van der Waals surface area contributed by atoms with Crippen LogP contribution in [0.1, 0.15) is 23.5 Å². The second-order valence-electron chi connectivity index (χ2n) is 6.13. The van der Waals surface area contributed by atoms with E-state index in [0.29, 0.717) is 17.1 Å². The largest absolute Gasteiger partial charge is 0.497 e. The van der Waals surface area contributed by atoms with Crippen molar-refractivity contribution in [1.29, 1.82) is 0 Å². The van der Waals surface area contributed by atoms with Gasteiger partial charge < -0.3 is 14.0 Å². The second kappa shape index (κ2) is 5.77. The Morgan fingerprint density at radius 3 is 2.72 bits per heavy atom. The number of hydrogen-bond donors (Lipinski definition) is 0. The van der Waals surface area contributed by atoms with Crippen LogP contribution in [0.15, 0.2) is 53.3 Å². The molecule has 1 aliphatic heterocycles. The number of benzene rings is 2. The smallest absolute Gasteiger partial charge is 0.312 e. The molecule has 126 valence electrons. The van der Waals surface area contributed by atoms with Gasteiger partial charge in [-0.05, 0) is 29.8 Å². The number of fused-ring (bicyclic) bond motifs is 3. The van der Waals surface area contributed by atoms with E-state index in [-0.39, 0.29) is 23.9 Å². The van der Waals surface area contributed by atoms with Crippen molar-refractivity contribution < 1.29 is 14.3 Å². The topological polar surface area (TPSA) is 57.5 Å². The molecule has 1 aromatic heterocycles. The molecule has 0 saturated heterocycles. The highest BCUT2D eigenvalue weighted by atomic mass is 16.5. The molecule has 5 nitrogen and oxygen atoms in total. The molecule has 5 heteroatoms. The molecular weight excluding hydrogens is 318 g/mol. The lowest BCUT2D eigenvalue weighted by Gasteiger charge is -2.26. The van der Waals surface area contributed by atoms with Gasteiger partial charge in [-0.1, -0.05) is 24.3 Å². The molecule has 2 heterocycles. The molecular formula is C20H17NO4. The second-order valence-corrected chi connectivity index (χ2v) is 6.13. The van der Waals surface area contributed by atoms with E-state index in [9.17, 15) is 9.59 Å². The molecule has 1 unspecified atom stereocenters. The third-order valence-electron chi connectivity index (χ3n) is 4.72. The average Bonchev–Trinajstić information content (AvgIpc) is 2.65. The van der Waals surface area contributed by atoms with Crippen LogP contribution in [0.25, 0.3) is 10.9 Å². The number of methoxy groups -OCH3 is 1. The predicted molar refractivity (Wildman–Crippen MR) is 94.3 cm³/mol. The zero-order valence-electron chi connectivity index (χ0n) is 14.0. The Bertz CT molecular complexity index is 1050. The van der Waals surface area contributed by atoms with E-state index in [1.807, 2.05) is 48.5 Å². The number of ether oxygens (including phenoxy) is 2. The molecule has 0 fully saturated rings. The van der Waals surface area contributed by atoms with Crippen LogP contribution >= 0.6 is 0 Å². The first kappa shape index (κ1) is 15.4. The number of rotatable bonds is 2. The maximum absolute atomic E-state index is 13.0. The lowest BCUT2D eigenvalue weighted by atomic mass is 9.86. The maximum atomic E-state index is 13.0. The van der Waals surface area contributed by atoms with Gasteiger partial charge in [-0.2, -0.15) is 0 Å². The van der Waals surface area contributed by atoms with E-state index in [1.165, 1.54) is 0 Å². The Morgan fingerprint density at radius 2 is 1.92 bits per heavy atom. The van der Waals surface area contributed by atoms with Gasteiger partial charge in [0.05, 0.1) is 24.6 Å². The normalized spacial score (nSPS) is 16.4. The van der Waals surface area contributed by atoms with E-state index in [1.54, 1.807) is 18.7 Å². The van der Waals surface area contributed by atoms with Crippen LogP contribution in [0.3, 0.4) is 0 Å². The van der Waals surface area contributed by atoms with Gasteiger partial charge in [-0.25, -0.2) is 0 Å². The van der Waals surface area contributed by atoms with Gasteiger partial charge in [-0.15, -0.1) is 0 Å². The monoisotopic (exact) mass is 335 g/mol. The molecule has 0 saturated carbocycles. The number of carbonyl (C=O) groups excluding carboxylic acids is 1. The fourth-order valence-corrected chi connectivity index (χ4v) is 3.47. The molecule has 0 spiro atoms. The van der Waals surface area contributed by atoms with Gasteiger partial charge in [0.15, 0.2) is 0 Å². The van der Waals surface area contributed by atoms with E-state index < -0.39 is 0 Å². The molecule has 3 aromatic rings. The van der Waals surface area contributed by atoms with E-state index in [0.717, 1.165) is 16.5 Å². The Labute approximate surface area is 144 Å². The van der Waals surface area contributed by atoms with E-state index in [2.05, 4.69) is 0 Å². The summed E-state index contributed by atoms with van der Waals surface area (Å²) in [4.78, 5) is 25.3. The van der Waals surface area contributed by atoms with Crippen molar-refractivity contribution in [2.24, 2.45) is 7.05 Å². The summed E-state index contributed by atoms with van der Waals surface area (Å²) in [6.07, 6.45) is 0.133. The third kappa shape index (κ3) is 2.39. The Morgan fingerprint density at radius 1 is 1.12 bits per heavy atom. The average molecular weight is 335 g/mol. The predicted octanol–water partition coefficient (Wildman–Crippen LogP) is 2.99. The van der Waals surface area contributed by atoms with Crippen molar-refractivity contribution in [3.63, 3.8) is 0 Å². The number of hydrogen-bond acceptors (Lipinski definition) is 4. The first-order valence-corrected chi connectivity index (χ1v) is 8.06. The highest BCUT2D eigenvalue weighted by molar-refractivity contribution is 5.91. The Balaban J connectivity index is 2.03. The number of aromatic nitrogens is 1. The quantitative estimate of drug-likeness (QED) is 0.676. The van der Waals surface area contributed by atoms with E-state index >= 15 is 0 Å². The van der Waals surface area contributed by atoms with Gasteiger partial charge >= 0.3 is 5.97 Å². The first-order valence-electron chi connectivity index (χ1n) is 8.06. The lowest BCUT2D eigenvalue weighted by molar-refractivity contribution is -0.135. The van der Waals surface area contributed by atoms with Crippen LogP contribution in [-0.4, -0.2) is 17.6 Å². The molecule has 0 radical (unpaired) electrons. The maximum Gasteiger partial charge on any atom is 0.312 e. The lowest BCUT2D eigenvalue weighted by Crippen LogP contribution is -2.31. The highest BCUT2D eigenvalue weighted by Gasteiger charge is 2.33. The summed E-state index contributed by atoms with van der Waals surface area (Å²) < 4.78 is 12.4. The van der Waals surface area contributed by atoms with Crippen LogP contribution in [0, 0.1) is 0 Å². The zero-order valence-corrected chi connectivity index (χ0v) is 14.0. The summed E-state index contributed by atoms with van der Waals surface area (Å²) in [5, 5.41) is 0.764. The van der Waals surface area contributed by atoms with Crippen LogP contribution in [0.5, 0.6) is 11.5 Å². The number of aryl methyl sites for hydroxylation is 1. The summed E-state index contributed by atoms with van der Waals surface area (Å²) >= 11 is 0. The van der Waals surface area contributed by atoms with Crippen molar-refractivity contribution in [2.75, 3.05) is 7.11 Å². The number of para-hydroxylation sites is 1. The minimum Gasteiger partial charge on any atom is -0.497 e. The summed E-state index contributed by atoms with van der Waals surface area (Å²) in [7, 11) is 3.33. The van der Waals surface area contributed by atoms with Gasteiger partial charge in [0.25, 0.3) is 5.56 Å². The van der Waals surface area contributed by atoms with E-state index in [4.69, 9.17) is 9.47 Å². The van der Waals surface area contributed by atoms with Crippen LogP contribution in [-0.2, 0) is 11.8 Å².